The van der Waals surface area contributed by atoms with Gasteiger partial charge in [0, 0.05) is 41.8 Å². The maximum Gasteiger partial charge on any atom is 0.259 e. The number of amides is 4. The van der Waals surface area contributed by atoms with Crippen molar-refractivity contribution in [1.29, 1.82) is 0 Å². The van der Waals surface area contributed by atoms with Gasteiger partial charge in [-0.05, 0) is 63.9 Å². The molecule has 5 atom stereocenters. The normalized spacial score (nSPS) is 29.2. The van der Waals surface area contributed by atoms with E-state index in [1.165, 1.54) is 12.0 Å². The van der Waals surface area contributed by atoms with Crippen LogP contribution in [0.2, 0.25) is 0 Å². The number of aromatic nitrogens is 1. The summed E-state index contributed by atoms with van der Waals surface area (Å²) in [7, 11) is -0.785. The molecule has 55 heavy (non-hydrogen) atoms. The highest BCUT2D eigenvalue weighted by atomic mass is 32.2. The van der Waals surface area contributed by atoms with Crippen molar-refractivity contribution in [3.05, 3.63) is 42.0 Å². The molecule has 0 spiro atoms. The fourth-order valence-corrected chi connectivity index (χ4v) is 9.32. The first kappa shape index (κ1) is 38.6. The maximum atomic E-state index is 14.6. The monoisotopic (exact) mass is 777 g/mol. The summed E-state index contributed by atoms with van der Waals surface area (Å²) in [4.78, 5) is 62.2. The van der Waals surface area contributed by atoms with Crippen molar-refractivity contribution in [2.24, 2.45) is 5.92 Å². The Balaban J connectivity index is 1.26. The zero-order valence-corrected chi connectivity index (χ0v) is 32.3. The summed E-state index contributed by atoms with van der Waals surface area (Å²) >= 11 is 0. The van der Waals surface area contributed by atoms with Crippen LogP contribution in [0, 0.1) is 5.92 Å². The van der Waals surface area contributed by atoms with Crippen molar-refractivity contribution in [3.63, 3.8) is 0 Å². The second-order valence-corrected chi connectivity index (χ2v) is 17.4. The highest BCUT2D eigenvalue weighted by Gasteiger charge is 2.62. The number of allylic oxidation sites excluding steroid dienone is 2. The molecule has 1 aromatic carbocycles. The molecule has 7 rings (SSSR count). The van der Waals surface area contributed by atoms with Gasteiger partial charge >= 0.3 is 0 Å². The van der Waals surface area contributed by atoms with Crippen molar-refractivity contribution in [2.45, 2.75) is 119 Å². The Morgan fingerprint density at radius 2 is 1.76 bits per heavy atom. The average Bonchev–Trinajstić information content (AvgIpc) is 4.09. The van der Waals surface area contributed by atoms with Gasteiger partial charge in [-0.3, -0.25) is 23.9 Å². The first-order valence-corrected chi connectivity index (χ1v) is 21.1. The van der Waals surface area contributed by atoms with E-state index in [0.717, 1.165) is 44.1 Å². The first-order valence-electron chi connectivity index (χ1n) is 19.6. The van der Waals surface area contributed by atoms with Gasteiger partial charge in [-0.25, -0.2) is 13.4 Å². The summed E-state index contributed by atoms with van der Waals surface area (Å²) in [5.41, 5.74) is -0.0962. The summed E-state index contributed by atoms with van der Waals surface area (Å²) in [6, 6.07) is 3.49. The van der Waals surface area contributed by atoms with Crippen LogP contribution in [0.3, 0.4) is 0 Å². The number of hydrogen-bond donors (Lipinski definition) is 3. The zero-order valence-electron chi connectivity index (χ0n) is 31.5. The van der Waals surface area contributed by atoms with Crippen molar-refractivity contribution in [3.8, 4) is 17.4 Å². The quantitative estimate of drug-likeness (QED) is 0.375. The van der Waals surface area contributed by atoms with Crippen molar-refractivity contribution in [1.82, 2.24) is 25.2 Å². The van der Waals surface area contributed by atoms with Gasteiger partial charge in [-0.1, -0.05) is 43.6 Å². The van der Waals surface area contributed by atoms with E-state index in [1.807, 2.05) is 30.4 Å². The van der Waals surface area contributed by atoms with Crippen LogP contribution >= 0.6 is 0 Å². The smallest absolute Gasteiger partial charge is 0.259 e. The van der Waals surface area contributed by atoms with Crippen LogP contribution in [0.25, 0.3) is 17.0 Å². The molecule has 4 amide bonds. The molecular weight excluding hydrogens is 727 g/mol. The predicted molar refractivity (Wildman–Crippen MR) is 205 cm³/mol. The van der Waals surface area contributed by atoms with Gasteiger partial charge in [-0.2, -0.15) is 0 Å². The van der Waals surface area contributed by atoms with Crippen molar-refractivity contribution in [2.75, 3.05) is 20.8 Å². The number of methoxy groups -OCH3 is 2. The van der Waals surface area contributed by atoms with Gasteiger partial charge in [0.1, 0.15) is 35.2 Å². The molecule has 4 heterocycles. The summed E-state index contributed by atoms with van der Waals surface area (Å²) in [5.74, 6) is -1.04. The number of carbonyl (C=O) groups is 4. The highest BCUT2D eigenvalue weighted by Crippen LogP contribution is 2.46. The Hall–Kier alpha value is -4.66. The van der Waals surface area contributed by atoms with Gasteiger partial charge < -0.3 is 29.7 Å². The van der Waals surface area contributed by atoms with E-state index in [-0.39, 0.29) is 31.7 Å². The molecule has 3 fully saturated rings. The van der Waals surface area contributed by atoms with Gasteiger partial charge in [0.05, 0.1) is 31.5 Å². The predicted octanol–water partition coefficient (Wildman–Crippen LogP) is 4.07. The van der Waals surface area contributed by atoms with E-state index in [0.29, 0.717) is 60.4 Å². The number of ether oxygens (including phenoxy) is 3. The van der Waals surface area contributed by atoms with Crippen LogP contribution in [-0.2, 0) is 29.2 Å². The largest absolute Gasteiger partial charge is 0.496 e. The lowest BCUT2D eigenvalue weighted by molar-refractivity contribution is -0.142. The third kappa shape index (κ3) is 8.61. The van der Waals surface area contributed by atoms with Crippen LogP contribution in [-0.4, -0.2) is 91.7 Å². The Morgan fingerprint density at radius 3 is 2.53 bits per heavy atom. The Morgan fingerprint density at radius 1 is 0.982 bits per heavy atom. The number of benzene rings is 1. The minimum Gasteiger partial charge on any atom is -0.496 e. The molecule has 1 saturated heterocycles. The fraction of sp³-hybridized carbons (Fsp3) is 0.575. The second-order valence-electron chi connectivity index (χ2n) is 15.4. The minimum absolute atomic E-state index is 0.0247. The van der Waals surface area contributed by atoms with Crippen LogP contribution in [0.4, 0.5) is 0 Å². The Kier molecular flexibility index (Phi) is 11.4. The first-order chi connectivity index (χ1) is 26.5. The molecule has 0 unspecified atom stereocenters. The molecule has 296 valence electrons. The second kappa shape index (κ2) is 16.2. The van der Waals surface area contributed by atoms with Gasteiger partial charge in [0.15, 0.2) is 0 Å². The molecule has 3 N–H and O–H groups in total. The Labute approximate surface area is 321 Å². The van der Waals surface area contributed by atoms with E-state index in [2.05, 4.69) is 26.4 Å². The average molecular weight is 778 g/mol. The SMILES string of the molecule is COc1cc2c3cc(c(OC)cc3n1)/C=C/CCCCCC(=O)N[C@H]1CCCCC/C=C\[C@@H]3C[C@@]3(C(=O)NS(=O)(=O)C3CC3)NC(=O)[C@@H]3C[C@H](CN3C1=O)O2. The Bertz CT molecular complexity index is 2000. The highest BCUT2D eigenvalue weighted by molar-refractivity contribution is 7.91. The molecule has 0 radical (unpaired) electrons. The summed E-state index contributed by atoms with van der Waals surface area (Å²) in [6.45, 7) is 0.0247. The minimum atomic E-state index is -3.88. The molecule has 14 nitrogen and oxygen atoms in total. The third-order valence-electron chi connectivity index (χ3n) is 11.4. The van der Waals surface area contributed by atoms with E-state index in [9.17, 15) is 27.6 Å². The van der Waals surface area contributed by atoms with E-state index >= 15 is 0 Å². The molecule has 3 aliphatic heterocycles. The molecule has 2 aromatic rings. The number of nitrogens with zero attached hydrogens (tertiary/aromatic N) is 2. The van der Waals surface area contributed by atoms with Gasteiger partial charge in [0.25, 0.3) is 5.91 Å². The maximum absolute atomic E-state index is 14.6. The molecule has 15 heteroatoms. The number of sulfonamides is 1. The number of carbonyl (C=O) groups excluding carboxylic acids is 4. The lowest BCUT2D eigenvalue weighted by Gasteiger charge is -2.30. The van der Waals surface area contributed by atoms with Crippen LogP contribution in [0.1, 0.15) is 95.5 Å². The standard InChI is InChI=1S/C40H51N5O9S/c1-52-33-21-31-29-19-25(33)13-9-5-3-8-12-16-35(46)41-30-15-11-7-4-6-10-14-26-23-40(26,39(49)44-55(50,51)28-17-18-28)43-37(47)32-20-27(24-45(32)38(30)48)54-34(29)22-36(42-31)53-2/h9-10,13-14,19,21-22,26-28,30,32H,3-8,11-12,15-18,20,23-24H2,1-2H3,(H,41,46)(H,43,47)(H,44,49)/b13-9+,14-10-/t26-,27-,30+,32+,40-/m1/s1. The van der Waals surface area contributed by atoms with Gasteiger partial charge in [-0.15, -0.1) is 0 Å². The van der Waals surface area contributed by atoms with Crippen molar-refractivity contribution < 1.29 is 41.8 Å². The molecular formula is C40H51N5O9S. The van der Waals surface area contributed by atoms with Crippen LogP contribution in [0.5, 0.6) is 17.4 Å². The fourth-order valence-electron chi connectivity index (χ4n) is 7.95. The van der Waals surface area contributed by atoms with Crippen molar-refractivity contribution >= 4 is 50.6 Å². The summed E-state index contributed by atoms with van der Waals surface area (Å²) in [5, 5.41) is 5.97. The summed E-state index contributed by atoms with van der Waals surface area (Å²) < 4.78 is 45.9. The van der Waals surface area contributed by atoms with Crippen LogP contribution in [0.15, 0.2) is 36.4 Å². The number of fused-ring (bicyclic) bond motifs is 4. The molecule has 1 aromatic heterocycles. The number of hydrogen-bond acceptors (Lipinski definition) is 10. The van der Waals surface area contributed by atoms with Crippen LogP contribution < -0.4 is 29.6 Å². The third-order valence-corrected chi connectivity index (χ3v) is 13.2. The molecule has 2 saturated carbocycles. The lowest BCUT2D eigenvalue weighted by atomic mass is 10.0. The molecule has 5 aliphatic rings. The molecule has 5 bridgehead atoms. The van der Waals surface area contributed by atoms with E-state index < -0.39 is 62.6 Å². The topological polar surface area (TPSA) is 182 Å². The number of nitrogens with one attached hydrogen (secondary N) is 3. The van der Waals surface area contributed by atoms with Gasteiger partial charge in [0.2, 0.25) is 33.6 Å². The lowest BCUT2D eigenvalue weighted by Crippen LogP contribution is -2.58. The zero-order chi connectivity index (χ0) is 38.7. The molecule has 2 aliphatic carbocycles. The number of rotatable bonds is 5. The van der Waals surface area contributed by atoms with E-state index in [1.54, 1.807) is 13.2 Å². The summed E-state index contributed by atoms with van der Waals surface area (Å²) in [6.07, 6.45) is 15.4. The van der Waals surface area contributed by atoms with E-state index in [4.69, 9.17) is 14.2 Å². The number of pyridine rings is 1.